The van der Waals surface area contributed by atoms with Crippen LogP contribution in [0, 0.1) is 23.1 Å². The van der Waals surface area contributed by atoms with E-state index in [4.69, 9.17) is 11.0 Å². The third-order valence-electron chi connectivity index (χ3n) is 4.04. The third-order valence-corrected chi connectivity index (χ3v) is 4.04. The first-order valence-electron chi connectivity index (χ1n) is 6.79. The van der Waals surface area contributed by atoms with Crippen LogP contribution in [0.1, 0.15) is 30.9 Å². The SMILES string of the molecule is CC1CCCN(Cc2cccc(C#N)c2F)C1CN. The van der Waals surface area contributed by atoms with Crippen LogP contribution in [-0.4, -0.2) is 24.0 Å². The largest absolute Gasteiger partial charge is 0.329 e. The number of hydrogen-bond acceptors (Lipinski definition) is 3. The van der Waals surface area contributed by atoms with Gasteiger partial charge in [0.25, 0.3) is 0 Å². The molecule has 1 saturated heterocycles. The zero-order chi connectivity index (χ0) is 13.8. The number of rotatable bonds is 3. The maximum Gasteiger partial charge on any atom is 0.145 e. The molecule has 2 atom stereocenters. The van der Waals surface area contributed by atoms with E-state index >= 15 is 0 Å². The predicted octanol–water partition coefficient (Wildman–Crippen LogP) is 2.26. The van der Waals surface area contributed by atoms with E-state index in [1.54, 1.807) is 12.1 Å². The zero-order valence-electron chi connectivity index (χ0n) is 11.3. The normalized spacial score (nSPS) is 24.1. The molecule has 1 aliphatic heterocycles. The molecule has 1 aromatic rings. The van der Waals surface area contributed by atoms with Crippen LogP contribution < -0.4 is 5.73 Å². The van der Waals surface area contributed by atoms with Crippen LogP contribution in [-0.2, 0) is 6.54 Å². The lowest BCUT2D eigenvalue weighted by atomic mass is 9.90. The Hall–Kier alpha value is -1.44. The predicted molar refractivity (Wildman–Crippen MR) is 72.8 cm³/mol. The fourth-order valence-corrected chi connectivity index (χ4v) is 2.92. The summed E-state index contributed by atoms with van der Waals surface area (Å²) in [5, 5.41) is 8.87. The fraction of sp³-hybridized carbons (Fsp3) is 0.533. The molecular formula is C15H20FN3. The Bertz CT molecular complexity index is 481. The average molecular weight is 261 g/mol. The summed E-state index contributed by atoms with van der Waals surface area (Å²) in [6, 6.07) is 7.20. The van der Waals surface area contributed by atoms with E-state index < -0.39 is 0 Å². The summed E-state index contributed by atoms with van der Waals surface area (Å²) in [7, 11) is 0. The first kappa shape index (κ1) is 14.0. The van der Waals surface area contributed by atoms with Gasteiger partial charge in [0.05, 0.1) is 5.56 Å². The number of likely N-dealkylation sites (tertiary alicyclic amines) is 1. The highest BCUT2D eigenvalue weighted by atomic mass is 19.1. The van der Waals surface area contributed by atoms with Crippen molar-refractivity contribution in [1.82, 2.24) is 4.90 Å². The minimum Gasteiger partial charge on any atom is -0.329 e. The first-order valence-corrected chi connectivity index (χ1v) is 6.79. The van der Waals surface area contributed by atoms with E-state index in [9.17, 15) is 4.39 Å². The van der Waals surface area contributed by atoms with Crippen molar-refractivity contribution < 1.29 is 4.39 Å². The molecule has 2 unspecified atom stereocenters. The minimum atomic E-state index is -0.390. The quantitative estimate of drug-likeness (QED) is 0.908. The van der Waals surface area contributed by atoms with Gasteiger partial charge in [-0.15, -0.1) is 0 Å². The molecule has 0 bridgehead atoms. The fourth-order valence-electron chi connectivity index (χ4n) is 2.92. The van der Waals surface area contributed by atoms with E-state index in [0.717, 1.165) is 13.0 Å². The number of hydrogen-bond donors (Lipinski definition) is 1. The van der Waals surface area contributed by atoms with E-state index in [0.29, 0.717) is 30.6 Å². The van der Waals surface area contributed by atoms with Crippen molar-refractivity contribution in [1.29, 1.82) is 5.26 Å². The summed E-state index contributed by atoms with van der Waals surface area (Å²) >= 11 is 0. The number of nitrogens with two attached hydrogens (primary N) is 1. The van der Waals surface area contributed by atoms with Crippen LogP contribution in [0.25, 0.3) is 0 Å². The van der Waals surface area contributed by atoms with Gasteiger partial charge in [-0.2, -0.15) is 5.26 Å². The number of nitrogens with zero attached hydrogens (tertiary/aromatic N) is 2. The van der Waals surface area contributed by atoms with Crippen LogP contribution in [0.3, 0.4) is 0 Å². The molecule has 0 aliphatic carbocycles. The van der Waals surface area contributed by atoms with E-state index in [-0.39, 0.29) is 11.4 Å². The molecule has 0 saturated carbocycles. The molecule has 19 heavy (non-hydrogen) atoms. The van der Waals surface area contributed by atoms with Gasteiger partial charge in [0, 0.05) is 24.7 Å². The van der Waals surface area contributed by atoms with Crippen LogP contribution in [0.5, 0.6) is 0 Å². The Morgan fingerprint density at radius 2 is 2.32 bits per heavy atom. The molecule has 0 aromatic heterocycles. The van der Waals surface area contributed by atoms with Crippen molar-refractivity contribution in [2.75, 3.05) is 13.1 Å². The smallest absolute Gasteiger partial charge is 0.145 e. The van der Waals surface area contributed by atoms with Gasteiger partial charge in [-0.1, -0.05) is 19.1 Å². The van der Waals surface area contributed by atoms with Crippen molar-refractivity contribution in [2.45, 2.75) is 32.4 Å². The Morgan fingerprint density at radius 1 is 1.53 bits per heavy atom. The Kier molecular flexibility index (Phi) is 4.52. The second kappa shape index (κ2) is 6.14. The standard InChI is InChI=1S/C15H20FN3/c1-11-4-3-7-19(14(11)9-18)10-13-6-2-5-12(8-17)15(13)16/h2,5-6,11,14H,3-4,7,9-10,18H2,1H3. The number of halogens is 1. The molecular weight excluding hydrogens is 241 g/mol. The maximum absolute atomic E-state index is 14.1. The lowest BCUT2D eigenvalue weighted by Gasteiger charge is -2.39. The van der Waals surface area contributed by atoms with Crippen LogP contribution in [0.2, 0.25) is 0 Å². The third kappa shape index (κ3) is 2.94. The summed E-state index contributed by atoms with van der Waals surface area (Å²) in [6.07, 6.45) is 2.30. The molecule has 0 amide bonds. The molecule has 2 rings (SSSR count). The van der Waals surface area contributed by atoms with Crippen LogP contribution >= 0.6 is 0 Å². The Morgan fingerprint density at radius 3 is 3.00 bits per heavy atom. The molecule has 102 valence electrons. The van der Waals surface area contributed by atoms with Crippen molar-refractivity contribution >= 4 is 0 Å². The number of nitriles is 1. The van der Waals surface area contributed by atoms with Gasteiger partial charge in [-0.3, -0.25) is 4.90 Å². The van der Waals surface area contributed by atoms with Crippen molar-refractivity contribution in [2.24, 2.45) is 11.7 Å². The summed E-state index contributed by atoms with van der Waals surface area (Å²) < 4.78 is 14.1. The topological polar surface area (TPSA) is 53.0 Å². The van der Waals surface area contributed by atoms with Crippen molar-refractivity contribution in [3.05, 3.63) is 35.1 Å². The van der Waals surface area contributed by atoms with Gasteiger partial charge in [-0.05, 0) is 31.4 Å². The maximum atomic E-state index is 14.1. The Labute approximate surface area is 113 Å². The van der Waals surface area contributed by atoms with Crippen LogP contribution in [0.4, 0.5) is 4.39 Å². The molecule has 1 heterocycles. The summed E-state index contributed by atoms with van der Waals surface area (Å²) in [6.45, 7) is 4.28. The second-order valence-electron chi connectivity index (χ2n) is 5.28. The molecule has 1 fully saturated rings. The highest BCUT2D eigenvalue weighted by Crippen LogP contribution is 2.25. The lowest BCUT2D eigenvalue weighted by molar-refractivity contribution is 0.0979. The van der Waals surface area contributed by atoms with Crippen molar-refractivity contribution in [3.8, 4) is 6.07 Å². The summed E-state index contributed by atoms with van der Waals surface area (Å²) in [4.78, 5) is 2.24. The lowest BCUT2D eigenvalue weighted by Crippen LogP contribution is -2.48. The van der Waals surface area contributed by atoms with E-state index in [1.165, 1.54) is 12.5 Å². The average Bonchev–Trinajstić information content (AvgIpc) is 2.41. The minimum absolute atomic E-state index is 0.117. The summed E-state index contributed by atoms with van der Waals surface area (Å²) in [5.41, 5.74) is 6.55. The number of benzene rings is 1. The van der Waals surface area contributed by atoms with E-state index in [1.807, 2.05) is 6.07 Å². The zero-order valence-corrected chi connectivity index (χ0v) is 11.3. The van der Waals surface area contributed by atoms with Gasteiger partial charge in [-0.25, -0.2) is 4.39 Å². The van der Waals surface area contributed by atoms with Crippen LogP contribution in [0.15, 0.2) is 18.2 Å². The molecule has 0 spiro atoms. The second-order valence-corrected chi connectivity index (χ2v) is 5.28. The molecule has 2 N–H and O–H groups in total. The van der Waals surface area contributed by atoms with Gasteiger partial charge < -0.3 is 5.73 Å². The van der Waals surface area contributed by atoms with Gasteiger partial charge >= 0.3 is 0 Å². The molecule has 1 aliphatic rings. The molecule has 1 aromatic carbocycles. The highest BCUT2D eigenvalue weighted by Gasteiger charge is 2.27. The molecule has 4 heteroatoms. The van der Waals surface area contributed by atoms with Crippen molar-refractivity contribution in [3.63, 3.8) is 0 Å². The van der Waals surface area contributed by atoms with E-state index in [2.05, 4.69) is 11.8 Å². The Balaban J connectivity index is 2.18. The van der Waals surface area contributed by atoms with Gasteiger partial charge in [0.1, 0.15) is 11.9 Å². The molecule has 0 radical (unpaired) electrons. The molecule has 3 nitrogen and oxygen atoms in total. The number of piperidine rings is 1. The summed E-state index contributed by atoms with van der Waals surface area (Å²) in [5.74, 6) is 0.153. The monoisotopic (exact) mass is 261 g/mol. The first-order chi connectivity index (χ1) is 9.17. The van der Waals surface area contributed by atoms with Gasteiger partial charge in [0.2, 0.25) is 0 Å². The highest BCUT2D eigenvalue weighted by molar-refractivity contribution is 5.34. The van der Waals surface area contributed by atoms with Gasteiger partial charge in [0.15, 0.2) is 0 Å².